The summed E-state index contributed by atoms with van der Waals surface area (Å²) in [6.45, 7) is 10.1. The molecule has 2 rings (SSSR count). The van der Waals surface area contributed by atoms with E-state index in [0.29, 0.717) is 5.92 Å². The summed E-state index contributed by atoms with van der Waals surface area (Å²) in [5, 5.41) is 12.4. The first kappa shape index (κ1) is 15.0. The van der Waals surface area contributed by atoms with Crippen LogP contribution in [0.5, 0.6) is 0 Å². The number of aryl methyl sites for hydroxylation is 1. The van der Waals surface area contributed by atoms with Crippen molar-refractivity contribution in [3.05, 3.63) is 34.9 Å². The second-order valence-electron chi connectivity index (χ2n) is 6.00. The first-order chi connectivity index (χ1) is 9.69. The maximum atomic E-state index is 8.87. The highest BCUT2D eigenvalue weighted by Gasteiger charge is 2.14. The lowest BCUT2D eigenvalue weighted by Gasteiger charge is -2.20. The van der Waals surface area contributed by atoms with Gasteiger partial charge in [0.15, 0.2) is 0 Å². The van der Waals surface area contributed by atoms with Crippen LogP contribution in [0.15, 0.2) is 18.2 Å². The highest BCUT2D eigenvalue weighted by atomic mass is 15.1. The molecule has 1 aliphatic rings. The normalized spacial score (nSPS) is 17.1. The highest BCUT2D eigenvalue weighted by Crippen LogP contribution is 2.12. The van der Waals surface area contributed by atoms with Gasteiger partial charge in [0, 0.05) is 13.1 Å². The Hall–Kier alpha value is -1.37. The van der Waals surface area contributed by atoms with Crippen molar-refractivity contribution in [2.75, 3.05) is 26.2 Å². The van der Waals surface area contributed by atoms with Crippen LogP contribution in [-0.4, -0.2) is 31.1 Å². The predicted octanol–water partition coefficient (Wildman–Crippen LogP) is 2.69. The van der Waals surface area contributed by atoms with Crippen LogP contribution in [0.2, 0.25) is 0 Å². The molecule has 3 nitrogen and oxygen atoms in total. The van der Waals surface area contributed by atoms with Gasteiger partial charge in [-0.05, 0) is 68.6 Å². The monoisotopic (exact) mass is 271 g/mol. The number of likely N-dealkylation sites (tertiary alicyclic amines) is 1. The zero-order valence-corrected chi connectivity index (χ0v) is 12.7. The molecule has 1 atom stereocenters. The minimum absolute atomic E-state index is 0.687. The van der Waals surface area contributed by atoms with Crippen molar-refractivity contribution in [2.45, 2.75) is 33.2 Å². The number of nitrogens with one attached hydrogen (secondary N) is 1. The molecule has 0 aromatic heterocycles. The molecule has 0 saturated carbocycles. The van der Waals surface area contributed by atoms with Crippen LogP contribution in [0.3, 0.4) is 0 Å². The molecular formula is C17H25N3. The van der Waals surface area contributed by atoms with E-state index < -0.39 is 0 Å². The van der Waals surface area contributed by atoms with E-state index >= 15 is 0 Å². The lowest BCUT2D eigenvalue weighted by atomic mass is 10.1. The Kier molecular flexibility index (Phi) is 5.58. The molecule has 1 aromatic rings. The number of benzene rings is 1. The maximum Gasteiger partial charge on any atom is 0.0991 e. The molecule has 0 radical (unpaired) electrons. The van der Waals surface area contributed by atoms with E-state index in [1.807, 2.05) is 12.1 Å². The Morgan fingerprint density at radius 2 is 2.10 bits per heavy atom. The highest BCUT2D eigenvalue weighted by molar-refractivity contribution is 5.37. The molecule has 1 heterocycles. The molecule has 1 N–H and O–H groups in total. The van der Waals surface area contributed by atoms with Gasteiger partial charge in [-0.3, -0.25) is 0 Å². The van der Waals surface area contributed by atoms with Crippen LogP contribution in [0.25, 0.3) is 0 Å². The number of hydrogen-bond donors (Lipinski definition) is 1. The smallest absolute Gasteiger partial charge is 0.0991 e. The summed E-state index contributed by atoms with van der Waals surface area (Å²) in [7, 11) is 0. The molecule has 0 spiro atoms. The molecule has 1 fully saturated rings. The Morgan fingerprint density at radius 1 is 1.35 bits per heavy atom. The van der Waals surface area contributed by atoms with Gasteiger partial charge in [-0.1, -0.05) is 13.0 Å². The van der Waals surface area contributed by atoms with Gasteiger partial charge in [-0.25, -0.2) is 0 Å². The van der Waals surface area contributed by atoms with Crippen LogP contribution >= 0.6 is 0 Å². The van der Waals surface area contributed by atoms with Gasteiger partial charge in [0.05, 0.1) is 11.6 Å². The first-order valence-electron chi connectivity index (χ1n) is 7.61. The molecule has 0 aliphatic carbocycles. The SMILES string of the molecule is Cc1cc(C#N)ccc1CNCC(C)CN1CCCC1. The Labute approximate surface area is 122 Å². The summed E-state index contributed by atoms with van der Waals surface area (Å²) >= 11 is 0. The van der Waals surface area contributed by atoms with Crippen molar-refractivity contribution < 1.29 is 0 Å². The maximum absolute atomic E-state index is 8.87. The molecule has 1 saturated heterocycles. The number of nitrogens with zero attached hydrogens (tertiary/aromatic N) is 2. The van der Waals surface area contributed by atoms with Gasteiger partial charge in [-0.2, -0.15) is 5.26 Å². The summed E-state index contributed by atoms with van der Waals surface area (Å²) in [5.74, 6) is 0.687. The molecular weight excluding hydrogens is 246 g/mol. The van der Waals surface area contributed by atoms with Gasteiger partial charge >= 0.3 is 0 Å². The fourth-order valence-corrected chi connectivity index (χ4v) is 2.89. The average molecular weight is 271 g/mol. The van der Waals surface area contributed by atoms with Gasteiger partial charge in [0.1, 0.15) is 0 Å². The van der Waals surface area contributed by atoms with Gasteiger partial charge in [0.25, 0.3) is 0 Å². The Bertz CT molecular complexity index is 470. The van der Waals surface area contributed by atoms with Crippen LogP contribution in [0.4, 0.5) is 0 Å². The largest absolute Gasteiger partial charge is 0.312 e. The Balaban J connectivity index is 1.73. The molecule has 108 valence electrons. The van der Waals surface area contributed by atoms with E-state index in [4.69, 9.17) is 5.26 Å². The van der Waals surface area contributed by atoms with Crippen molar-refractivity contribution in [1.82, 2.24) is 10.2 Å². The van der Waals surface area contributed by atoms with Crippen molar-refractivity contribution in [3.8, 4) is 6.07 Å². The van der Waals surface area contributed by atoms with Crippen molar-refractivity contribution in [1.29, 1.82) is 5.26 Å². The minimum Gasteiger partial charge on any atom is -0.312 e. The summed E-state index contributed by atoms with van der Waals surface area (Å²) in [4.78, 5) is 2.57. The lowest BCUT2D eigenvalue weighted by Crippen LogP contribution is -2.31. The fourth-order valence-electron chi connectivity index (χ4n) is 2.89. The molecule has 1 aliphatic heterocycles. The second kappa shape index (κ2) is 7.42. The molecule has 3 heteroatoms. The topological polar surface area (TPSA) is 39.1 Å². The molecule has 0 bridgehead atoms. The van der Waals surface area contributed by atoms with E-state index in [9.17, 15) is 0 Å². The molecule has 1 unspecified atom stereocenters. The second-order valence-corrected chi connectivity index (χ2v) is 6.00. The molecule has 20 heavy (non-hydrogen) atoms. The van der Waals surface area contributed by atoms with E-state index in [1.165, 1.54) is 43.6 Å². The van der Waals surface area contributed by atoms with E-state index in [2.05, 4.69) is 36.2 Å². The standard InChI is InChI=1S/C17H25N3/c1-14(13-20-7-3-4-8-20)11-19-12-17-6-5-16(10-18)9-15(17)2/h5-6,9,14,19H,3-4,7-8,11-13H2,1-2H3. The quantitative estimate of drug-likeness (QED) is 0.864. The molecule has 0 amide bonds. The molecule has 1 aromatic carbocycles. The van der Waals surface area contributed by atoms with Gasteiger partial charge in [-0.15, -0.1) is 0 Å². The predicted molar refractivity (Wildman–Crippen MR) is 82.4 cm³/mol. The first-order valence-corrected chi connectivity index (χ1v) is 7.61. The van der Waals surface area contributed by atoms with Crippen LogP contribution < -0.4 is 5.32 Å². The van der Waals surface area contributed by atoms with Crippen LogP contribution in [-0.2, 0) is 6.54 Å². The zero-order valence-electron chi connectivity index (χ0n) is 12.7. The third kappa shape index (κ3) is 4.33. The lowest BCUT2D eigenvalue weighted by molar-refractivity contribution is 0.282. The van der Waals surface area contributed by atoms with Gasteiger partial charge < -0.3 is 10.2 Å². The van der Waals surface area contributed by atoms with Crippen molar-refractivity contribution >= 4 is 0 Å². The van der Waals surface area contributed by atoms with Crippen LogP contribution in [0, 0.1) is 24.2 Å². The number of nitriles is 1. The van der Waals surface area contributed by atoms with Crippen LogP contribution in [0.1, 0.15) is 36.5 Å². The van der Waals surface area contributed by atoms with E-state index in [1.54, 1.807) is 0 Å². The van der Waals surface area contributed by atoms with Crippen molar-refractivity contribution in [2.24, 2.45) is 5.92 Å². The third-order valence-corrected chi connectivity index (χ3v) is 4.05. The summed E-state index contributed by atoms with van der Waals surface area (Å²) in [6, 6.07) is 8.11. The zero-order chi connectivity index (χ0) is 14.4. The minimum atomic E-state index is 0.687. The number of hydrogen-bond acceptors (Lipinski definition) is 3. The Morgan fingerprint density at radius 3 is 2.75 bits per heavy atom. The van der Waals surface area contributed by atoms with Crippen molar-refractivity contribution in [3.63, 3.8) is 0 Å². The van der Waals surface area contributed by atoms with E-state index in [0.717, 1.165) is 18.7 Å². The third-order valence-electron chi connectivity index (χ3n) is 4.05. The fraction of sp³-hybridized carbons (Fsp3) is 0.588. The summed E-state index contributed by atoms with van der Waals surface area (Å²) in [6.07, 6.45) is 2.73. The van der Waals surface area contributed by atoms with E-state index in [-0.39, 0.29) is 0 Å². The summed E-state index contributed by atoms with van der Waals surface area (Å²) in [5.41, 5.74) is 3.23. The van der Waals surface area contributed by atoms with Gasteiger partial charge in [0.2, 0.25) is 0 Å². The number of rotatable bonds is 6. The summed E-state index contributed by atoms with van der Waals surface area (Å²) < 4.78 is 0. The average Bonchev–Trinajstić information content (AvgIpc) is 2.93.